The fourth-order valence-corrected chi connectivity index (χ4v) is 2.05. The molecule has 1 aliphatic rings. The average molecular weight is 443 g/mol. The number of hydrogen-bond acceptors (Lipinski definition) is 1. The van der Waals surface area contributed by atoms with E-state index in [4.69, 9.17) is 0 Å². The molecule has 0 amide bonds. The summed E-state index contributed by atoms with van der Waals surface area (Å²) in [5, 5.41) is -5.57. The molecule has 0 saturated heterocycles. The van der Waals surface area contributed by atoms with E-state index in [1.54, 1.807) is 0 Å². The Hall–Kier alpha value is -0.730. The Morgan fingerprint density at radius 2 is 1.31 bits per heavy atom. The predicted molar refractivity (Wildman–Crippen MR) is 54.8 cm³/mol. The zero-order valence-electron chi connectivity index (χ0n) is 11.6. The summed E-state index contributed by atoms with van der Waals surface area (Å²) in [7, 11) is 0. The molecular weight excluding hydrogens is 438 g/mol. The van der Waals surface area contributed by atoms with Crippen LogP contribution in [0.15, 0.2) is 0 Å². The summed E-state index contributed by atoms with van der Waals surface area (Å²) < 4.78 is 183. The van der Waals surface area contributed by atoms with Gasteiger partial charge in [0.25, 0.3) is 5.85 Å². The van der Waals surface area contributed by atoms with Crippen LogP contribution in [0.4, 0.5) is 61.5 Å². The Morgan fingerprint density at radius 3 is 1.62 bits per heavy atom. The third-order valence-corrected chi connectivity index (χ3v) is 3.93. The van der Waals surface area contributed by atoms with Crippen molar-refractivity contribution in [3.05, 3.63) is 0 Å². The van der Waals surface area contributed by atoms with Crippen LogP contribution in [0.1, 0.15) is 6.42 Å². The van der Waals surface area contributed by atoms with Crippen molar-refractivity contribution in [2.24, 2.45) is 0 Å². The van der Waals surface area contributed by atoms with E-state index in [0.29, 0.717) is 0 Å². The zero-order valence-corrected chi connectivity index (χ0v) is 12.3. The van der Waals surface area contributed by atoms with Crippen LogP contribution < -0.4 is 0 Å². The van der Waals surface area contributed by atoms with Gasteiger partial charge in [-0.15, -0.1) is 0 Å². The molecule has 0 aromatic carbocycles. The Kier molecular flexibility index (Phi) is 5.27. The first-order valence-corrected chi connectivity index (χ1v) is 6.36. The van der Waals surface area contributed by atoms with Gasteiger partial charge in [-0.3, -0.25) is 0 Å². The number of alkyl halides is 15. The summed E-state index contributed by atoms with van der Waals surface area (Å²) in [6, 6.07) is 0. The van der Waals surface area contributed by atoms with Gasteiger partial charge in [0, 0.05) is 0 Å². The molecule has 2 unspecified atom stereocenters. The lowest BCUT2D eigenvalue weighted by Crippen LogP contribution is -2.60. The molecule has 1 fully saturated rings. The number of hydrogen-bond donors (Lipinski definition) is 0. The molecule has 0 aromatic heterocycles. The van der Waals surface area contributed by atoms with Crippen LogP contribution in [0.3, 0.4) is 0 Å². The highest BCUT2D eigenvalue weighted by atomic mass is 35.5. The molecule has 26 heavy (non-hydrogen) atoms. The molecule has 1 aliphatic carbocycles. The highest BCUT2D eigenvalue weighted by molar-refractivity contribution is 6.24. The van der Waals surface area contributed by atoms with Gasteiger partial charge >= 0.3 is 41.2 Å². The maximum absolute atomic E-state index is 13.9. The Bertz CT molecular complexity index is 546. The molecule has 0 radical (unpaired) electrons. The summed E-state index contributed by atoms with van der Waals surface area (Å²) >= 11 is 4.24. The minimum absolute atomic E-state index is 2.96. The normalized spacial score (nSPS) is 32.3. The second-order valence-electron chi connectivity index (χ2n) is 5.25. The van der Waals surface area contributed by atoms with Gasteiger partial charge in [0.05, 0.1) is 6.42 Å². The van der Waals surface area contributed by atoms with Crippen LogP contribution in [-0.2, 0) is 4.74 Å². The van der Waals surface area contributed by atoms with Gasteiger partial charge in [0.2, 0.25) is 0 Å². The SMILES string of the molecule is FC(F)C(F)(F)C(F)(F)C(F)(F)COC1(F)CC(F)(F)C(F)(F)C1(F)Cl. The molecule has 0 spiro atoms. The smallest absolute Gasteiger partial charge is 0.335 e. The molecule has 0 N–H and O–H groups in total. The molecule has 1 saturated carbocycles. The minimum Gasteiger partial charge on any atom is -0.335 e. The van der Waals surface area contributed by atoms with E-state index in [-0.39, 0.29) is 0 Å². The molecule has 0 aromatic rings. The van der Waals surface area contributed by atoms with E-state index in [1.807, 2.05) is 0 Å². The highest BCUT2D eigenvalue weighted by Gasteiger charge is 2.87. The van der Waals surface area contributed by atoms with E-state index in [2.05, 4.69) is 16.3 Å². The number of rotatable bonds is 6. The van der Waals surface area contributed by atoms with Gasteiger partial charge in [-0.25, -0.2) is 17.6 Å². The summed E-state index contributed by atoms with van der Waals surface area (Å²) in [6.07, 6.45) is -8.42. The van der Waals surface area contributed by atoms with Gasteiger partial charge in [-0.2, -0.15) is 43.9 Å². The van der Waals surface area contributed by atoms with E-state index in [9.17, 15) is 61.5 Å². The Balaban J connectivity index is 3.15. The zero-order chi connectivity index (χ0) is 21.2. The van der Waals surface area contributed by atoms with E-state index in [1.165, 1.54) is 0 Å². The first-order chi connectivity index (χ1) is 11.1. The maximum Gasteiger partial charge on any atom is 0.380 e. The molecule has 156 valence electrons. The lowest BCUT2D eigenvalue weighted by molar-refractivity contribution is -0.358. The lowest BCUT2D eigenvalue weighted by Gasteiger charge is -2.35. The molecular formula is C10H5ClF14O. The Labute approximate surface area is 139 Å². The van der Waals surface area contributed by atoms with Crippen LogP contribution in [-0.4, -0.2) is 53.6 Å². The third-order valence-electron chi connectivity index (χ3n) is 3.41. The van der Waals surface area contributed by atoms with Crippen LogP contribution >= 0.6 is 11.6 Å². The number of ether oxygens (including phenoxy) is 1. The quantitative estimate of drug-likeness (QED) is 0.394. The molecule has 1 nitrogen and oxygen atoms in total. The van der Waals surface area contributed by atoms with Crippen LogP contribution in [0.2, 0.25) is 0 Å². The van der Waals surface area contributed by atoms with Crippen molar-refractivity contribution in [3.8, 4) is 0 Å². The first-order valence-electron chi connectivity index (χ1n) is 5.99. The molecule has 0 heterocycles. The van der Waals surface area contributed by atoms with Crippen molar-refractivity contribution in [3.63, 3.8) is 0 Å². The lowest BCUT2D eigenvalue weighted by atomic mass is 10.1. The second-order valence-corrected chi connectivity index (χ2v) is 5.77. The van der Waals surface area contributed by atoms with Gasteiger partial charge in [-0.1, -0.05) is 11.6 Å². The fourth-order valence-electron chi connectivity index (χ4n) is 1.79. The fraction of sp³-hybridized carbons (Fsp3) is 1.00. The monoisotopic (exact) mass is 442 g/mol. The Morgan fingerprint density at radius 1 is 0.885 bits per heavy atom. The van der Waals surface area contributed by atoms with Crippen molar-refractivity contribution < 1.29 is 66.2 Å². The van der Waals surface area contributed by atoms with Gasteiger partial charge in [-0.05, 0) is 0 Å². The molecule has 1 rings (SSSR count). The molecule has 0 bridgehead atoms. The van der Waals surface area contributed by atoms with E-state index < -0.39 is 60.0 Å². The van der Waals surface area contributed by atoms with Crippen LogP contribution in [0.25, 0.3) is 0 Å². The van der Waals surface area contributed by atoms with Crippen molar-refractivity contribution in [2.45, 2.75) is 53.4 Å². The second kappa shape index (κ2) is 5.88. The van der Waals surface area contributed by atoms with Crippen molar-refractivity contribution in [1.82, 2.24) is 0 Å². The van der Waals surface area contributed by atoms with E-state index >= 15 is 0 Å². The van der Waals surface area contributed by atoms with Crippen molar-refractivity contribution in [1.29, 1.82) is 0 Å². The van der Waals surface area contributed by atoms with Gasteiger partial charge < -0.3 is 4.74 Å². The predicted octanol–water partition coefficient (Wildman–Crippen LogP) is 5.42. The van der Waals surface area contributed by atoms with Gasteiger partial charge in [0.15, 0.2) is 0 Å². The number of halogens is 15. The van der Waals surface area contributed by atoms with E-state index in [0.717, 1.165) is 0 Å². The average Bonchev–Trinajstić information content (AvgIpc) is 2.52. The van der Waals surface area contributed by atoms with Crippen LogP contribution in [0, 0.1) is 0 Å². The maximum atomic E-state index is 13.9. The first kappa shape index (κ1) is 23.3. The summed E-state index contributed by atoms with van der Waals surface area (Å²) in [6.45, 7) is -3.46. The molecule has 16 heteroatoms. The van der Waals surface area contributed by atoms with Gasteiger partial charge in [0.1, 0.15) is 6.61 Å². The molecule has 0 aliphatic heterocycles. The third kappa shape index (κ3) is 2.88. The summed E-state index contributed by atoms with van der Waals surface area (Å²) in [5.74, 6) is -37.1. The highest BCUT2D eigenvalue weighted by Crippen LogP contribution is 2.64. The molecule has 2 atom stereocenters. The summed E-state index contributed by atoms with van der Waals surface area (Å²) in [5.41, 5.74) is 0. The largest absolute Gasteiger partial charge is 0.380 e. The van der Waals surface area contributed by atoms with Crippen molar-refractivity contribution in [2.75, 3.05) is 6.61 Å². The topological polar surface area (TPSA) is 9.23 Å². The minimum atomic E-state index is -6.96. The standard InChI is InChI=1S/C10H5ClF14O/c11-8(21)6(18,1-4(14,15)10(8,24)25)26-2-5(16,17)9(22,23)7(19,20)3(12)13/h3H,1-2H2. The van der Waals surface area contributed by atoms with Crippen molar-refractivity contribution >= 4 is 11.6 Å². The summed E-state index contributed by atoms with van der Waals surface area (Å²) in [4.78, 5) is 0. The van der Waals surface area contributed by atoms with Crippen LogP contribution in [0.5, 0.6) is 0 Å².